The third-order valence-electron chi connectivity index (χ3n) is 4.37. The summed E-state index contributed by atoms with van der Waals surface area (Å²) in [5.74, 6) is -0.761. The van der Waals surface area contributed by atoms with Gasteiger partial charge in [0.05, 0.1) is 6.54 Å². The molecular formula is C17H22N4O2S. The number of carboxylic acid groups (broad SMARTS) is 1. The first-order valence-corrected chi connectivity index (χ1v) is 9.04. The van der Waals surface area contributed by atoms with Gasteiger partial charge in [-0.15, -0.1) is 10.2 Å². The highest BCUT2D eigenvalue weighted by atomic mass is 32.1. The topological polar surface area (TPSA) is 78.4 Å². The molecule has 6 nitrogen and oxygen atoms in total. The summed E-state index contributed by atoms with van der Waals surface area (Å²) in [6.07, 6.45) is 2.71. The molecule has 0 amide bonds. The van der Waals surface area contributed by atoms with Gasteiger partial charge in [-0.2, -0.15) is 0 Å². The van der Waals surface area contributed by atoms with Crippen molar-refractivity contribution in [1.29, 1.82) is 0 Å². The molecule has 24 heavy (non-hydrogen) atoms. The summed E-state index contributed by atoms with van der Waals surface area (Å²) in [4.78, 5) is 12.9. The predicted molar refractivity (Wildman–Crippen MR) is 94.5 cm³/mol. The lowest BCUT2D eigenvalue weighted by molar-refractivity contribution is -0.139. The zero-order chi connectivity index (χ0) is 16.9. The third-order valence-corrected chi connectivity index (χ3v) is 5.22. The van der Waals surface area contributed by atoms with Gasteiger partial charge in [-0.3, -0.25) is 9.69 Å². The second-order valence-electron chi connectivity index (χ2n) is 6.09. The Bertz CT molecular complexity index is 670. The van der Waals surface area contributed by atoms with E-state index in [1.165, 1.54) is 5.56 Å². The van der Waals surface area contributed by atoms with E-state index < -0.39 is 5.97 Å². The Hall–Kier alpha value is -1.99. The largest absolute Gasteiger partial charge is 0.480 e. The van der Waals surface area contributed by atoms with Crippen molar-refractivity contribution in [2.24, 2.45) is 0 Å². The van der Waals surface area contributed by atoms with E-state index in [1.807, 2.05) is 30.0 Å². The highest BCUT2D eigenvalue weighted by Crippen LogP contribution is 2.29. The summed E-state index contributed by atoms with van der Waals surface area (Å²) in [5.41, 5.74) is 1.23. The summed E-state index contributed by atoms with van der Waals surface area (Å²) in [6, 6.07) is 10.9. The summed E-state index contributed by atoms with van der Waals surface area (Å²) < 4.78 is 0. The lowest BCUT2D eigenvalue weighted by Crippen LogP contribution is -2.51. The van der Waals surface area contributed by atoms with E-state index in [4.69, 9.17) is 5.11 Å². The van der Waals surface area contributed by atoms with Crippen LogP contribution in [0, 0.1) is 0 Å². The van der Waals surface area contributed by atoms with E-state index in [1.54, 1.807) is 11.3 Å². The third kappa shape index (κ3) is 4.30. The van der Waals surface area contributed by atoms with Gasteiger partial charge in [0.15, 0.2) is 0 Å². The van der Waals surface area contributed by atoms with Gasteiger partial charge in [-0.1, -0.05) is 48.6 Å². The number of carboxylic acids is 1. The van der Waals surface area contributed by atoms with E-state index >= 15 is 0 Å². The number of anilines is 1. The predicted octanol–water partition coefficient (Wildman–Crippen LogP) is 2.48. The van der Waals surface area contributed by atoms with Crippen LogP contribution in [0.3, 0.4) is 0 Å². The van der Waals surface area contributed by atoms with Gasteiger partial charge in [0.1, 0.15) is 5.01 Å². The summed E-state index contributed by atoms with van der Waals surface area (Å²) in [5, 5.41) is 22.7. The average Bonchev–Trinajstić information content (AvgIpc) is 2.96. The van der Waals surface area contributed by atoms with E-state index in [9.17, 15) is 4.79 Å². The number of hydrogen-bond donors (Lipinski definition) is 2. The molecule has 1 heterocycles. The van der Waals surface area contributed by atoms with E-state index in [-0.39, 0.29) is 6.54 Å². The van der Waals surface area contributed by atoms with Crippen LogP contribution < -0.4 is 5.32 Å². The molecule has 1 aromatic carbocycles. The van der Waals surface area contributed by atoms with Crippen LogP contribution in [0.4, 0.5) is 5.13 Å². The lowest BCUT2D eigenvalue weighted by Gasteiger charge is -2.42. The molecule has 1 aliphatic rings. The molecule has 0 saturated heterocycles. The minimum atomic E-state index is -0.761. The number of likely N-dealkylation sites (N-methyl/N-ethyl adjacent to an activating group) is 1. The van der Waals surface area contributed by atoms with Gasteiger partial charge in [-0.05, 0) is 24.9 Å². The first-order valence-electron chi connectivity index (χ1n) is 8.22. The zero-order valence-corrected chi connectivity index (χ0v) is 14.5. The molecule has 1 aliphatic carbocycles. The van der Waals surface area contributed by atoms with Crippen LogP contribution in [-0.4, -0.2) is 51.3 Å². The van der Waals surface area contributed by atoms with Gasteiger partial charge in [-0.25, -0.2) is 0 Å². The highest BCUT2D eigenvalue weighted by molar-refractivity contribution is 7.15. The van der Waals surface area contributed by atoms with Crippen molar-refractivity contribution in [3.8, 4) is 0 Å². The van der Waals surface area contributed by atoms with Crippen molar-refractivity contribution in [2.75, 3.05) is 18.4 Å². The SMILES string of the molecule is CCN(CC(=O)O)C1CC(Nc2nnc(Cc3ccccc3)s2)C1. The monoisotopic (exact) mass is 346 g/mol. The summed E-state index contributed by atoms with van der Waals surface area (Å²) in [6.45, 7) is 2.89. The maximum Gasteiger partial charge on any atom is 0.317 e. The summed E-state index contributed by atoms with van der Waals surface area (Å²) >= 11 is 1.59. The maximum absolute atomic E-state index is 10.9. The number of aliphatic carboxylic acids is 1. The van der Waals surface area contributed by atoms with Crippen molar-refractivity contribution >= 4 is 22.4 Å². The molecule has 0 atom stereocenters. The number of nitrogens with zero attached hydrogens (tertiary/aromatic N) is 3. The van der Waals surface area contributed by atoms with Crippen LogP contribution in [0.2, 0.25) is 0 Å². The van der Waals surface area contributed by atoms with Gasteiger partial charge in [0.25, 0.3) is 0 Å². The Morgan fingerprint density at radius 3 is 2.75 bits per heavy atom. The van der Waals surface area contributed by atoms with Crippen LogP contribution in [0.1, 0.15) is 30.3 Å². The molecule has 1 saturated carbocycles. The van der Waals surface area contributed by atoms with Gasteiger partial charge in [0.2, 0.25) is 5.13 Å². The molecule has 2 N–H and O–H groups in total. The Labute approximate surface area is 145 Å². The van der Waals surface area contributed by atoms with Crippen LogP contribution in [0.15, 0.2) is 30.3 Å². The Morgan fingerprint density at radius 2 is 2.08 bits per heavy atom. The average molecular weight is 346 g/mol. The smallest absolute Gasteiger partial charge is 0.317 e. The van der Waals surface area contributed by atoms with Crippen molar-refractivity contribution in [2.45, 2.75) is 38.3 Å². The fourth-order valence-corrected chi connectivity index (χ4v) is 3.86. The van der Waals surface area contributed by atoms with E-state index in [0.717, 1.165) is 35.9 Å². The van der Waals surface area contributed by atoms with Gasteiger partial charge in [0, 0.05) is 18.5 Å². The molecule has 0 radical (unpaired) electrons. The van der Waals surface area contributed by atoms with Crippen LogP contribution in [0.25, 0.3) is 0 Å². The summed E-state index contributed by atoms with van der Waals surface area (Å²) in [7, 11) is 0. The second kappa shape index (κ2) is 7.72. The molecule has 0 unspecified atom stereocenters. The Morgan fingerprint density at radius 1 is 1.33 bits per heavy atom. The minimum Gasteiger partial charge on any atom is -0.480 e. The van der Waals surface area contributed by atoms with E-state index in [2.05, 4.69) is 27.6 Å². The van der Waals surface area contributed by atoms with Gasteiger partial charge < -0.3 is 10.4 Å². The number of aromatic nitrogens is 2. The van der Waals surface area contributed by atoms with Crippen molar-refractivity contribution in [3.63, 3.8) is 0 Å². The normalized spacial score (nSPS) is 19.9. The molecule has 1 aromatic heterocycles. The van der Waals surface area contributed by atoms with Crippen LogP contribution >= 0.6 is 11.3 Å². The molecule has 0 spiro atoms. The molecule has 3 rings (SSSR count). The quantitative estimate of drug-likeness (QED) is 0.764. The molecule has 1 fully saturated rings. The van der Waals surface area contributed by atoms with Gasteiger partial charge >= 0.3 is 5.97 Å². The number of nitrogens with one attached hydrogen (secondary N) is 1. The Kier molecular flexibility index (Phi) is 5.42. The standard InChI is InChI=1S/C17H22N4O2S/c1-2-21(11-16(22)23)14-9-13(10-14)18-17-20-19-15(24-17)8-12-6-4-3-5-7-12/h3-7,13-14H,2,8-11H2,1H3,(H,18,20)(H,22,23). The molecule has 0 aliphatic heterocycles. The van der Waals surface area contributed by atoms with E-state index in [0.29, 0.717) is 12.1 Å². The van der Waals surface area contributed by atoms with Crippen molar-refractivity contribution in [1.82, 2.24) is 15.1 Å². The van der Waals surface area contributed by atoms with Crippen molar-refractivity contribution in [3.05, 3.63) is 40.9 Å². The minimum absolute atomic E-state index is 0.119. The lowest BCUT2D eigenvalue weighted by atomic mass is 9.85. The molecule has 128 valence electrons. The van der Waals surface area contributed by atoms with Crippen molar-refractivity contribution < 1.29 is 9.90 Å². The fourth-order valence-electron chi connectivity index (χ4n) is 3.01. The van der Waals surface area contributed by atoms with Crippen LogP contribution in [0.5, 0.6) is 0 Å². The second-order valence-corrected chi connectivity index (χ2v) is 7.15. The molecule has 0 bridgehead atoms. The molecular weight excluding hydrogens is 324 g/mol. The first-order chi connectivity index (χ1) is 11.6. The highest BCUT2D eigenvalue weighted by Gasteiger charge is 2.34. The number of rotatable bonds is 8. The Balaban J connectivity index is 1.47. The number of benzene rings is 1. The molecule has 2 aromatic rings. The maximum atomic E-state index is 10.9. The number of carbonyl (C=O) groups is 1. The number of hydrogen-bond acceptors (Lipinski definition) is 6. The molecule has 7 heteroatoms. The fraction of sp³-hybridized carbons (Fsp3) is 0.471. The van der Waals surface area contributed by atoms with Crippen LogP contribution in [-0.2, 0) is 11.2 Å². The zero-order valence-electron chi connectivity index (χ0n) is 13.7. The first kappa shape index (κ1) is 16.9.